The lowest BCUT2D eigenvalue weighted by Gasteiger charge is -1.98. The van der Waals surface area contributed by atoms with Crippen molar-refractivity contribution >= 4 is 27.2 Å². The van der Waals surface area contributed by atoms with Crippen LogP contribution < -0.4 is 11.3 Å². The Morgan fingerprint density at radius 3 is 2.65 bits per heavy atom. The first kappa shape index (κ1) is 10.2. The molecule has 3 rings (SSSR count). The summed E-state index contributed by atoms with van der Waals surface area (Å²) in [5.74, 6) is 5.81. The highest BCUT2D eigenvalue weighted by Crippen LogP contribution is 2.32. The van der Waals surface area contributed by atoms with Crippen LogP contribution in [0.25, 0.3) is 20.7 Å². The Morgan fingerprint density at radius 1 is 1.06 bits per heavy atom. The lowest BCUT2D eigenvalue weighted by molar-refractivity contribution is 1.03. The summed E-state index contributed by atoms with van der Waals surface area (Å²) in [6, 6.07) is 14.1. The van der Waals surface area contributed by atoms with Gasteiger partial charge in [-0.25, -0.2) is 5.84 Å². The summed E-state index contributed by atoms with van der Waals surface area (Å²) in [6.45, 7) is 0. The van der Waals surface area contributed by atoms with Gasteiger partial charge in [-0.3, -0.25) is 0 Å². The normalized spacial score (nSPS) is 10.6. The molecule has 1 aromatic carbocycles. The Morgan fingerprint density at radius 2 is 1.94 bits per heavy atom. The van der Waals surface area contributed by atoms with Gasteiger partial charge < -0.3 is 5.43 Å². The fourth-order valence-corrected chi connectivity index (χ4v) is 2.68. The first-order valence-corrected chi connectivity index (χ1v) is 5.98. The standard InChI is InChI=1S/C12H10N4S/c13-14-12-6-5-9(15-16-12)11-7-8-3-1-2-4-10(8)17-11/h1-7H,13H2,(H,14,16). The number of nitrogens with two attached hydrogens (primary N) is 1. The van der Waals surface area contributed by atoms with Crippen LogP contribution in [0.2, 0.25) is 0 Å². The quantitative estimate of drug-likeness (QED) is 0.535. The highest BCUT2D eigenvalue weighted by Gasteiger charge is 2.05. The number of fused-ring (bicyclic) bond motifs is 1. The van der Waals surface area contributed by atoms with E-state index in [4.69, 9.17) is 5.84 Å². The lowest BCUT2D eigenvalue weighted by atomic mass is 10.2. The number of aromatic nitrogens is 2. The summed E-state index contributed by atoms with van der Waals surface area (Å²) in [5, 5.41) is 9.33. The Balaban J connectivity index is 2.07. The third-order valence-corrected chi connectivity index (χ3v) is 3.63. The molecule has 3 N–H and O–H groups in total. The molecule has 2 aromatic heterocycles. The van der Waals surface area contributed by atoms with Crippen LogP contribution in [0.4, 0.5) is 5.82 Å². The molecule has 0 bridgehead atoms. The largest absolute Gasteiger partial charge is 0.307 e. The molecule has 17 heavy (non-hydrogen) atoms. The van der Waals surface area contributed by atoms with Crippen molar-refractivity contribution < 1.29 is 0 Å². The molecule has 0 saturated carbocycles. The van der Waals surface area contributed by atoms with Crippen molar-refractivity contribution in [1.29, 1.82) is 0 Å². The molecular weight excluding hydrogens is 232 g/mol. The minimum Gasteiger partial charge on any atom is -0.307 e. The van der Waals surface area contributed by atoms with Crippen LogP contribution in [0.5, 0.6) is 0 Å². The van der Waals surface area contributed by atoms with Crippen LogP contribution in [-0.4, -0.2) is 10.2 Å². The van der Waals surface area contributed by atoms with Crippen LogP contribution in [0.1, 0.15) is 0 Å². The summed E-state index contributed by atoms with van der Waals surface area (Å²) in [6.07, 6.45) is 0. The van der Waals surface area contributed by atoms with Gasteiger partial charge in [0.15, 0.2) is 5.82 Å². The smallest absolute Gasteiger partial charge is 0.162 e. The SMILES string of the molecule is NNc1ccc(-c2cc3ccccc3s2)nn1. The van der Waals surface area contributed by atoms with Crippen molar-refractivity contribution in [3.63, 3.8) is 0 Å². The number of rotatable bonds is 2. The second-order valence-corrected chi connectivity index (χ2v) is 4.68. The number of benzene rings is 1. The van der Waals surface area contributed by atoms with Gasteiger partial charge in [-0.05, 0) is 29.7 Å². The summed E-state index contributed by atoms with van der Waals surface area (Å²) in [7, 11) is 0. The highest BCUT2D eigenvalue weighted by atomic mass is 32.1. The molecule has 0 aliphatic rings. The number of thiophene rings is 1. The fraction of sp³-hybridized carbons (Fsp3) is 0. The van der Waals surface area contributed by atoms with Gasteiger partial charge in [0.25, 0.3) is 0 Å². The van der Waals surface area contributed by atoms with Gasteiger partial charge in [0.1, 0.15) is 5.69 Å². The molecule has 0 saturated heterocycles. The average Bonchev–Trinajstić information content (AvgIpc) is 2.82. The van der Waals surface area contributed by atoms with Crippen molar-refractivity contribution in [3.05, 3.63) is 42.5 Å². The van der Waals surface area contributed by atoms with Crippen LogP contribution >= 0.6 is 11.3 Å². The molecule has 0 radical (unpaired) electrons. The first-order valence-electron chi connectivity index (χ1n) is 5.16. The van der Waals surface area contributed by atoms with Gasteiger partial charge in [0, 0.05) is 4.70 Å². The van der Waals surface area contributed by atoms with Crippen molar-refractivity contribution in [2.24, 2.45) is 5.84 Å². The molecule has 0 atom stereocenters. The van der Waals surface area contributed by atoms with E-state index in [2.05, 4.69) is 33.8 Å². The Hall–Kier alpha value is -1.98. The molecule has 4 nitrogen and oxygen atoms in total. The second kappa shape index (κ2) is 4.12. The number of anilines is 1. The zero-order chi connectivity index (χ0) is 11.7. The van der Waals surface area contributed by atoms with E-state index in [9.17, 15) is 0 Å². The predicted molar refractivity (Wildman–Crippen MR) is 70.7 cm³/mol. The molecule has 0 spiro atoms. The van der Waals surface area contributed by atoms with Gasteiger partial charge in [-0.1, -0.05) is 18.2 Å². The lowest BCUT2D eigenvalue weighted by Crippen LogP contribution is -2.08. The van der Waals surface area contributed by atoms with Crippen LogP contribution in [0, 0.1) is 0 Å². The monoisotopic (exact) mass is 242 g/mol. The Kier molecular flexibility index (Phi) is 2.47. The number of nitrogens with zero attached hydrogens (tertiary/aromatic N) is 2. The molecule has 84 valence electrons. The fourth-order valence-electron chi connectivity index (χ4n) is 1.65. The first-order chi connectivity index (χ1) is 8.36. The van der Waals surface area contributed by atoms with E-state index < -0.39 is 0 Å². The zero-order valence-electron chi connectivity index (χ0n) is 8.92. The second-order valence-electron chi connectivity index (χ2n) is 3.60. The maximum atomic E-state index is 5.25. The average molecular weight is 242 g/mol. The van der Waals surface area contributed by atoms with Gasteiger partial charge in [0.2, 0.25) is 0 Å². The van der Waals surface area contributed by atoms with E-state index in [1.54, 1.807) is 11.3 Å². The maximum absolute atomic E-state index is 5.25. The molecule has 0 aliphatic carbocycles. The van der Waals surface area contributed by atoms with E-state index in [0.29, 0.717) is 5.82 Å². The maximum Gasteiger partial charge on any atom is 0.162 e. The van der Waals surface area contributed by atoms with E-state index in [-0.39, 0.29) is 0 Å². The van der Waals surface area contributed by atoms with Crippen molar-refractivity contribution in [1.82, 2.24) is 10.2 Å². The van der Waals surface area contributed by atoms with Gasteiger partial charge in [0.05, 0.1) is 4.88 Å². The summed E-state index contributed by atoms with van der Waals surface area (Å²) < 4.78 is 1.25. The van der Waals surface area contributed by atoms with Crippen molar-refractivity contribution in [3.8, 4) is 10.6 Å². The number of hydrogen-bond acceptors (Lipinski definition) is 5. The number of hydrazine groups is 1. The van der Waals surface area contributed by atoms with E-state index in [0.717, 1.165) is 10.6 Å². The summed E-state index contributed by atoms with van der Waals surface area (Å²) >= 11 is 1.71. The molecular formula is C12H10N4S. The van der Waals surface area contributed by atoms with Crippen molar-refractivity contribution in [2.75, 3.05) is 5.43 Å². The molecule has 3 aromatic rings. The predicted octanol–water partition coefficient (Wildman–Crippen LogP) is 2.64. The van der Waals surface area contributed by atoms with E-state index >= 15 is 0 Å². The van der Waals surface area contributed by atoms with Gasteiger partial charge in [-0.2, -0.15) is 0 Å². The highest BCUT2D eigenvalue weighted by molar-refractivity contribution is 7.22. The van der Waals surface area contributed by atoms with Crippen molar-refractivity contribution in [2.45, 2.75) is 0 Å². The van der Waals surface area contributed by atoms with E-state index in [1.165, 1.54) is 10.1 Å². The minimum absolute atomic E-state index is 0.565. The number of hydrogen-bond donors (Lipinski definition) is 2. The van der Waals surface area contributed by atoms with E-state index in [1.807, 2.05) is 24.3 Å². The Labute approximate surface area is 102 Å². The van der Waals surface area contributed by atoms with Crippen LogP contribution in [0.3, 0.4) is 0 Å². The van der Waals surface area contributed by atoms with Crippen LogP contribution in [0.15, 0.2) is 42.5 Å². The van der Waals surface area contributed by atoms with Gasteiger partial charge >= 0.3 is 0 Å². The molecule has 2 heterocycles. The Bertz CT molecular complexity index is 612. The summed E-state index contributed by atoms with van der Waals surface area (Å²) in [4.78, 5) is 1.11. The van der Waals surface area contributed by atoms with Crippen LogP contribution in [-0.2, 0) is 0 Å². The number of nitrogens with one attached hydrogen (secondary N) is 1. The molecule has 0 amide bonds. The third kappa shape index (κ3) is 1.86. The van der Waals surface area contributed by atoms with Gasteiger partial charge in [-0.15, -0.1) is 21.5 Å². The molecule has 0 unspecified atom stereocenters. The third-order valence-electron chi connectivity index (χ3n) is 2.49. The molecule has 0 aliphatic heterocycles. The topological polar surface area (TPSA) is 63.8 Å². The zero-order valence-corrected chi connectivity index (χ0v) is 9.74. The molecule has 5 heteroatoms. The molecule has 0 fully saturated rings. The minimum atomic E-state index is 0.565. The number of nitrogen functional groups attached to an aromatic ring is 1. The summed E-state index contributed by atoms with van der Waals surface area (Å²) in [5.41, 5.74) is 3.33.